The second-order valence-corrected chi connectivity index (χ2v) is 7.32. The van der Waals surface area contributed by atoms with Crippen LogP contribution in [0.15, 0.2) is 49.9 Å². The highest BCUT2D eigenvalue weighted by Gasteiger charge is 2.12. The number of nitrogens with zero attached hydrogens (tertiary/aromatic N) is 4. The summed E-state index contributed by atoms with van der Waals surface area (Å²) in [6, 6.07) is 5.75. The quantitative estimate of drug-likeness (QED) is 0.121. The highest BCUT2D eigenvalue weighted by atomic mass is 32.2. The van der Waals surface area contributed by atoms with Crippen LogP contribution >= 0.6 is 0 Å². The highest BCUT2D eigenvalue weighted by molar-refractivity contribution is 7.89. The zero-order valence-corrected chi connectivity index (χ0v) is 16.1. The van der Waals surface area contributed by atoms with Gasteiger partial charge in [0.1, 0.15) is 5.75 Å². The maximum absolute atomic E-state index is 11.3. The molecule has 1 atom stereocenters. The minimum absolute atomic E-state index is 0.00404. The summed E-state index contributed by atoms with van der Waals surface area (Å²) in [6.07, 6.45) is 7.80. The van der Waals surface area contributed by atoms with Crippen molar-refractivity contribution in [1.29, 1.82) is 5.53 Å². The van der Waals surface area contributed by atoms with Crippen LogP contribution in [0.3, 0.4) is 0 Å². The van der Waals surface area contributed by atoms with Crippen LogP contribution in [0.4, 0.5) is 0 Å². The predicted octanol–water partition coefficient (Wildman–Crippen LogP) is 4.15. The highest BCUT2D eigenvalue weighted by Crippen LogP contribution is 2.19. The van der Waals surface area contributed by atoms with Gasteiger partial charge in [-0.25, -0.2) is 13.6 Å². The lowest BCUT2D eigenvalue weighted by Gasteiger charge is -2.18. The third kappa shape index (κ3) is 10.4. The molecule has 0 spiro atoms. The van der Waals surface area contributed by atoms with Gasteiger partial charge in [-0.2, -0.15) is 5.53 Å². The number of benzene rings is 1. The first-order valence-electron chi connectivity index (χ1n) is 8.70. The van der Waals surface area contributed by atoms with Gasteiger partial charge in [0.2, 0.25) is 22.7 Å². The average molecular weight is 398 g/mol. The first kappa shape index (κ1) is 22.6. The van der Waals surface area contributed by atoms with Crippen molar-refractivity contribution in [3.63, 3.8) is 0 Å². The summed E-state index contributed by atoms with van der Waals surface area (Å²) in [5.41, 5.74) is 6.47. The maximum Gasteiger partial charge on any atom is 0.242 e. The van der Waals surface area contributed by atoms with Gasteiger partial charge >= 0.3 is 0 Å². The molecule has 150 valence electrons. The Morgan fingerprint density at radius 1 is 1.11 bits per heavy atom. The van der Waals surface area contributed by atoms with Crippen molar-refractivity contribution in [2.75, 3.05) is 0 Å². The fourth-order valence-electron chi connectivity index (χ4n) is 2.27. The minimum Gasteiger partial charge on any atom is -0.455 e. The Morgan fingerprint density at radius 2 is 1.78 bits per heavy atom. The van der Waals surface area contributed by atoms with Crippen LogP contribution in [0, 0.1) is 5.53 Å². The van der Waals surface area contributed by atoms with Crippen LogP contribution in [-0.2, 0) is 14.8 Å². The first-order chi connectivity index (χ1) is 13.0. The fourth-order valence-corrected chi connectivity index (χ4v) is 2.78. The van der Waals surface area contributed by atoms with Gasteiger partial charge in [-0.05, 0) is 46.4 Å². The van der Waals surface area contributed by atoms with Crippen LogP contribution in [0.1, 0.15) is 51.9 Å². The fraction of sp³-hybridized carbons (Fsp3) is 0.562. The Balaban J connectivity index is 2.61. The third-order valence-electron chi connectivity index (χ3n) is 3.61. The van der Waals surface area contributed by atoms with Crippen LogP contribution in [0.25, 0.3) is 0 Å². The van der Waals surface area contributed by atoms with Crippen molar-refractivity contribution < 1.29 is 17.9 Å². The Hall–Kier alpha value is -2.40. The number of unbranched alkanes of at least 4 members (excludes halogenated alkanes) is 5. The largest absolute Gasteiger partial charge is 0.455 e. The number of hydrogen-bond donors (Lipinski definition) is 2. The molecule has 0 aliphatic carbocycles. The second kappa shape index (κ2) is 12.9. The number of sulfonamides is 1. The number of hydrogen-bond acceptors (Lipinski definition) is 6. The lowest BCUT2D eigenvalue weighted by atomic mass is 10.1. The summed E-state index contributed by atoms with van der Waals surface area (Å²) < 4.78 is 33.7. The Kier molecular flexibility index (Phi) is 10.8. The molecule has 0 fully saturated rings. The van der Waals surface area contributed by atoms with Crippen molar-refractivity contribution >= 4 is 16.4 Å². The van der Waals surface area contributed by atoms with E-state index in [1.54, 1.807) is 0 Å². The molecule has 1 unspecified atom stereocenters. The van der Waals surface area contributed by atoms with E-state index in [2.05, 4.69) is 27.7 Å². The molecular formula is C16H26N6O4S. The van der Waals surface area contributed by atoms with Gasteiger partial charge in [0, 0.05) is 6.42 Å². The molecule has 0 radical (unpaired) electrons. The van der Waals surface area contributed by atoms with E-state index >= 15 is 0 Å². The van der Waals surface area contributed by atoms with Crippen molar-refractivity contribution in [2.24, 2.45) is 25.9 Å². The number of rotatable bonds is 14. The van der Waals surface area contributed by atoms with E-state index in [1.165, 1.54) is 43.5 Å². The number of ether oxygens (including phenoxy) is 2. The van der Waals surface area contributed by atoms with Crippen LogP contribution in [0.2, 0.25) is 0 Å². The molecular weight excluding hydrogens is 372 g/mol. The van der Waals surface area contributed by atoms with E-state index in [1.807, 2.05) is 0 Å². The van der Waals surface area contributed by atoms with Gasteiger partial charge in [-0.15, -0.1) is 0 Å². The van der Waals surface area contributed by atoms with E-state index in [9.17, 15) is 8.42 Å². The molecule has 0 aromatic heterocycles. The van der Waals surface area contributed by atoms with Gasteiger partial charge < -0.3 is 9.47 Å². The lowest BCUT2D eigenvalue weighted by Crippen LogP contribution is -2.20. The van der Waals surface area contributed by atoms with Crippen molar-refractivity contribution in [3.8, 4) is 5.75 Å². The molecule has 0 aliphatic heterocycles. The molecule has 27 heavy (non-hydrogen) atoms. The van der Waals surface area contributed by atoms with E-state index in [4.69, 9.17) is 20.1 Å². The van der Waals surface area contributed by atoms with Crippen LogP contribution in [0.5, 0.6) is 5.75 Å². The van der Waals surface area contributed by atoms with E-state index < -0.39 is 16.3 Å². The molecule has 1 aromatic rings. The van der Waals surface area contributed by atoms with Gasteiger partial charge in [0.15, 0.2) is 0 Å². The molecule has 0 bridgehead atoms. The maximum atomic E-state index is 11.3. The van der Waals surface area contributed by atoms with Crippen LogP contribution < -0.4 is 9.88 Å². The van der Waals surface area contributed by atoms with Gasteiger partial charge in [-0.1, -0.05) is 44.1 Å². The topological polar surface area (TPSA) is 152 Å². The summed E-state index contributed by atoms with van der Waals surface area (Å²) in [7, 11) is -3.75. The Labute approximate surface area is 159 Å². The minimum atomic E-state index is -3.75. The SMILES string of the molecule is CCCCCCCCC(OC=NN=NN=N)Oc1ccc(S(N)(=O)=O)cc1. The molecule has 0 heterocycles. The first-order valence-corrected chi connectivity index (χ1v) is 10.2. The molecule has 3 N–H and O–H groups in total. The molecule has 0 saturated carbocycles. The lowest BCUT2D eigenvalue weighted by molar-refractivity contribution is -0.00746. The third-order valence-corrected chi connectivity index (χ3v) is 4.54. The zero-order valence-electron chi connectivity index (χ0n) is 15.3. The Morgan fingerprint density at radius 3 is 2.41 bits per heavy atom. The second-order valence-electron chi connectivity index (χ2n) is 5.76. The average Bonchev–Trinajstić information content (AvgIpc) is 2.63. The summed E-state index contributed by atoms with van der Waals surface area (Å²) in [5, 5.41) is 17.5. The molecule has 11 heteroatoms. The molecule has 0 saturated heterocycles. The summed E-state index contributed by atoms with van der Waals surface area (Å²) >= 11 is 0. The number of nitrogens with one attached hydrogen (secondary N) is 1. The predicted molar refractivity (Wildman–Crippen MR) is 99.8 cm³/mol. The smallest absolute Gasteiger partial charge is 0.242 e. The van der Waals surface area contributed by atoms with Crippen LogP contribution in [-0.4, -0.2) is 21.1 Å². The summed E-state index contributed by atoms with van der Waals surface area (Å²) in [5.74, 6) is 0.439. The molecule has 0 amide bonds. The van der Waals surface area contributed by atoms with E-state index in [0.717, 1.165) is 25.7 Å². The van der Waals surface area contributed by atoms with Crippen molar-refractivity contribution in [1.82, 2.24) is 0 Å². The standard InChI is InChI=1S/C16H26N6O4S/c1-2-3-4-5-6-7-8-16(25-13-19-21-22-20-17)26-14-9-11-15(12-10-14)27(18,23)24/h9-13,16-17H,2-8H2,1H3,(H2,18,23,24). The molecule has 0 aliphatic rings. The normalized spacial score (nSPS) is 13.1. The number of nitrogens with two attached hydrogens (primary N) is 1. The monoisotopic (exact) mass is 398 g/mol. The summed E-state index contributed by atoms with van der Waals surface area (Å²) in [4.78, 5) is 0.00404. The van der Waals surface area contributed by atoms with Crippen molar-refractivity contribution in [3.05, 3.63) is 24.3 Å². The van der Waals surface area contributed by atoms with Crippen molar-refractivity contribution in [2.45, 2.75) is 63.1 Å². The zero-order chi connectivity index (χ0) is 20.0. The summed E-state index contributed by atoms with van der Waals surface area (Å²) in [6.45, 7) is 2.17. The number of primary sulfonamides is 1. The van der Waals surface area contributed by atoms with E-state index in [-0.39, 0.29) is 4.90 Å². The molecule has 10 nitrogen and oxygen atoms in total. The van der Waals surface area contributed by atoms with E-state index in [0.29, 0.717) is 12.2 Å². The molecule has 1 aromatic carbocycles. The van der Waals surface area contributed by atoms with Gasteiger partial charge in [0.25, 0.3) is 0 Å². The Bertz CT molecular complexity index is 706. The molecule has 1 rings (SSSR count). The van der Waals surface area contributed by atoms with Gasteiger partial charge in [0.05, 0.1) is 4.90 Å². The van der Waals surface area contributed by atoms with Gasteiger partial charge in [-0.3, -0.25) is 0 Å².